The zero-order valence-electron chi connectivity index (χ0n) is 29.4. The lowest BCUT2D eigenvalue weighted by molar-refractivity contribution is -0.148. The van der Waals surface area contributed by atoms with Gasteiger partial charge in [0, 0.05) is 29.9 Å². The van der Waals surface area contributed by atoms with E-state index in [1.54, 1.807) is 18.2 Å². The summed E-state index contributed by atoms with van der Waals surface area (Å²) in [6, 6.07) is 4.42. The van der Waals surface area contributed by atoms with Gasteiger partial charge in [-0.05, 0) is 63.5 Å². The van der Waals surface area contributed by atoms with E-state index in [4.69, 9.17) is 24.5 Å². The largest absolute Gasteiger partial charge is 0.497 e. The summed E-state index contributed by atoms with van der Waals surface area (Å²) >= 11 is 0. The van der Waals surface area contributed by atoms with Gasteiger partial charge in [-0.15, -0.1) is 0 Å². The Kier molecular flexibility index (Phi) is 11.2. The monoisotopic (exact) mass is 716 g/mol. The van der Waals surface area contributed by atoms with Gasteiger partial charge in [0.1, 0.15) is 47.0 Å². The van der Waals surface area contributed by atoms with Gasteiger partial charge in [-0.1, -0.05) is 25.0 Å². The molecule has 4 aliphatic rings. The number of hydrogen-bond donors (Lipinski definition) is 2. The third-order valence-corrected chi connectivity index (χ3v) is 10.4. The van der Waals surface area contributed by atoms with Gasteiger partial charge in [0.2, 0.25) is 11.8 Å². The number of alkyl carbamates (subject to hydrolysis) is 1. The average Bonchev–Trinajstić information content (AvgIpc) is 3.42. The van der Waals surface area contributed by atoms with Crippen molar-refractivity contribution in [1.29, 1.82) is 0 Å². The van der Waals surface area contributed by atoms with Crippen LogP contribution in [0.3, 0.4) is 0 Å². The maximum absolute atomic E-state index is 14.5. The molecule has 2 saturated carbocycles. The summed E-state index contributed by atoms with van der Waals surface area (Å²) in [6.45, 7) is -0.0390. The normalized spacial score (nSPS) is 27.1. The van der Waals surface area contributed by atoms with Crippen LogP contribution in [-0.4, -0.2) is 101 Å². The number of allylic oxidation sites excluding steroid dienone is 1. The second kappa shape index (κ2) is 15.9. The first-order chi connectivity index (χ1) is 25.1. The smallest absolute Gasteiger partial charge is 0.408 e. The number of fused-ring (bicyclic) bond motifs is 3. The number of rotatable bonds is 8. The molecule has 276 valence electrons. The summed E-state index contributed by atoms with van der Waals surface area (Å²) in [6.07, 6.45) is 10.3. The molecule has 6 rings (SSSR count). The van der Waals surface area contributed by atoms with Gasteiger partial charge in [0.25, 0.3) is 5.78 Å². The maximum atomic E-state index is 14.5. The summed E-state index contributed by atoms with van der Waals surface area (Å²) in [5.41, 5.74) is 8.03. The number of esters is 1. The van der Waals surface area contributed by atoms with Crippen LogP contribution in [0.25, 0.3) is 16.4 Å². The van der Waals surface area contributed by atoms with Gasteiger partial charge >= 0.3 is 18.3 Å². The topological polar surface area (TPSA) is 199 Å². The van der Waals surface area contributed by atoms with E-state index in [0.29, 0.717) is 35.9 Å². The highest BCUT2D eigenvalue weighted by atomic mass is 16.6. The molecular weight excluding hydrogens is 672 g/mol. The highest BCUT2D eigenvalue weighted by Crippen LogP contribution is 2.46. The molecule has 2 aliphatic heterocycles. The molecule has 2 aromatic rings. The number of Topliss-reactive ketones (excluding diaryl/α,β-unsaturated/α-hetero) is 1. The maximum Gasteiger partial charge on any atom is 0.408 e. The number of hydrogen-bond acceptors (Lipinski definition) is 10. The summed E-state index contributed by atoms with van der Waals surface area (Å²) in [7, 11) is 2.77. The van der Waals surface area contributed by atoms with Gasteiger partial charge in [0.05, 0.1) is 26.3 Å². The Hall–Kier alpha value is -5.30. The average molecular weight is 717 g/mol. The lowest BCUT2D eigenvalue weighted by Crippen LogP contribution is -2.56. The minimum Gasteiger partial charge on any atom is -0.497 e. The first-order valence-electron chi connectivity index (χ1n) is 17.9. The van der Waals surface area contributed by atoms with Crippen LogP contribution in [0, 0.1) is 5.92 Å². The van der Waals surface area contributed by atoms with Crippen LogP contribution in [0.15, 0.2) is 36.4 Å². The number of benzene rings is 1. The Balaban J connectivity index is 1.32. The molecule has 3 amide bonds. The summed E-state index contributed by atoms with van der Waals surface area (Å²) in [4.78, 5) is 76.1. The summed E-state index contributed by atoms with van der Waals surface area (Å²) < 4.78 is 22.6. The number of nitrogens with zero attached hydrogens (tertiary/aromatic N) is 4. The molecule has 52 heavy (non-hydrogen) atoms. The number of amides is 3. The van der Waals surface area contributed by atoms with Crippen LogP contribution in [0.1, 0.15) is 81.1 Å². The highest BCUT2D eigenvalue weighted by Gasteiger charge is 2.62. The Morgan fingerprint density at radius 2 is 1.85 bits per heavy atom. The molecule has 1 aromatic carbocycles. The second-order valence-electron chi connectivity index (χ2n) is 13.8. The Bertz CT molecular complexity index is 1800. The SMILES string of the molecule is COC(=O)[C@@]12C[C@@H]1/C=C\CCCCC[C@H](NC(=O)OC1CCCC1)C(=O)N1C[C@H](Oc3cc(C(=O)C=[N+]=[N-])nc4cc(OC)ccc34)C[C@H]1C(=O)N2. The fourth-order valence-electron chi connectivity index (χ4n) is 7.47. The highest BCUT2D eigenvalue weighted by molar-refractivity contribution is 6.33. The molecule has 1 aromatic heterocycles. The van der Waals surface area contributed by atoms with Crippen LogP contribution in [0.2, 0.25) is 0 Å². The van der Waals surface area contributed by atoms with Crippen molar-refractivity contribution < 1.29 is 47.7 Å². The van der Waals surface area contributed by atoms with Crippen molar-refractivity contribution in [2.75, 3.05) is 20.8 Å². The molecule has 0 bridgehead atoms. The van der Waals surface area contributed by atoms with Crippen LogP contribution in [0.4, 0.5) is 4.79 Å². The molecule has 1 saturated heterocycles. The lowest BCUT2D eigenvalue weighted by Gasteiger charge is -2.29. The van der Waals surface area contributed by atoms with E-state index in [2.05, 4.69) is 20.4 Å². The Morgan fingerprint density at radius 1 is 1.06 bits per heavy atom. The van der Waals surface area contributed by atoms with Gasteiger partial charge < -0.3 is 40.0 Å². The number of ether oxygens (including phenoxy) is 4. The Labute approximate surface area is 301 Å². The van der Waals surface area contributed by atoms with E-state index >= 15 is 0 Å². The number of carbonyl (C=O) groups excluding carboxylic acids is 5. The van der Waals surface area contributed by atoms with Crippen molar-refractivity contribution in [2.45, 2.75) is 100 Å². The van der Waals surface area contributed by atoms with Crippen LogP contribution < -0.4 is 20.1 Å². The quantitative estimate of drug-likeness (QED) is 0.101. The molecule has 3 heterocycles. The number of methoxy groups -OCH3 is 2. The molecule has 0 spiro atoms. The fourth-order valence-corrected chi connectivity index (χ4v) is 7.47. The van der Waals surface area contributed by atoms with E-state index in [0.717, 1.165) is 51.2 Å². The van der Waals surface area contributed by atoms with E-state index < -0.39 is 53.4 Å². The minimum atomic E-state index is -1.26. The van der Waals surface area contributed by atoms with E-state index in [1.807, 2.05) is 12.2 Å². The molecular formula is C37H44N6O9. The van der Waals surface area contributed by atoms with Gasteiger partial charge in [-0.3, -0.25) is 14.4 Å². The van der Waals surface area contributed by atoms with Crippen molar-refractivity contribution >= 4 is 46.8 Å². The number of ketones is 1. The third-order valence-electron chi connectivity index (χ3n) is 10.4. The first kappa shape index (κ1) is 36.5. The van der Waals surface area contributed by atoms with Gasteiger partial charge in [-0.2, -0.15) is 4.79 Å². The number of aromatic nitrogens is 1. The number of carbonyl (C=O) groups is 5. The first-order valence-corrected chi connectivity index (χ1v) is 17.9. The fraction of sp³-hybridized carbons (Fsp3) is 0.541. The standard InChI is InChI=1S/C37H44N6O9/c1-49-24-14-15-26-28(16-24)40-29(31(44)20-39-38)18-32(26)51-25-17-30-33(45)42-37(35(47)50-2)19-22(37)10-6-4-3-5-7-13-27(34(46)43(30)21-25)41-36(48)52-23-11-8-9-12-23/h6,10,14-16,18,20,22-23,25,27,30H,3-5,7-9,11-13,17,19,21H2,1-2H3,(H,41,48)(H,42,45)/b10-6-/t22-,25+,27-,30-,37+/m0/s1. The van der Waals surface area contributed by atoms with Gasteiger partial charge in [-0.25, -0.2) is 14.6 Å². The predicted molar refractivity (Wildman–Crippen MR) is 186 cm³/mol. The lowest BCUT2D eigenvalue weighted by atomic mass is 10.0. The third kappa shape index (κ3) is 7.94. The van der Waals surface area contributed by atoms with E-state index in [1.165, 1.54) is 25.2 Å². The van der Waals surface area contributed by atoms with E-state index in [-0.39, 0.29) is 36.4 Å². The molecule has 0 radical (unpaired) electrons. The number of nitrogens with one attached hydrogen (secondary N) is 2. The van der Waals surface area contributed by atoms with Crippen molar-refractivity contribution in [1.82, 2.24) is 20.5 Å². The Morgan fingerprint density at radius 3 is 2.60 bits per heavy atom. The van der Waals surface area contributed by atoms with Crippen molar-refractivity contribution in [3.63, 3.8) is 0 Å². The van der Waals surface area contributed by atoms with Crippen molar-refractivity contribution in [3.05, 3.63) is 47.6 Å². The molecule has 15 nitrogen and oxygen atoms in total. The summed E-state index contributed by atoms with van der Waals surface area (Å²) in [5.74, 6) is -1.80. The molecule has 3 fully saturated rings. The molecule has 2 aliphatic carbocycles. The molecule has 5 atom stereocenters. The number of pyridine rings is 1. The van der Waals surface area contributed by atoms with Gasteiger partial charge in [0.15, 0.2) is 0 Å². The molecule has 15 heteroatoms. The molecule has 0 unspecified atom stereocenters. The molecule has 2 N–H and O–H groups in total. The zero-order chi connectivity index (χ0) is 36.8. The van der Waals surface area contributed by atoms with Crippen molar-refractivity contribution in [3.8, 4) is 11.5 Å². The summed E-state index contributed by atoms with van der Waals surface area (Å²) in [5, 5.41) is 6.24. The van der Waals surface area contributed by atoms with E-state index in [9.17, 15) is 24.0 Å². The second-order valence-corrected chi connectivity index (χ2v) is 13.8. The zero-order valence-corrected chi connectivity index (χ0v) is 29.4. The van der Waals surface area contributed by atoms with Crippen LogP contribution >= 0.6 is 0 Å². The van der Waals surface area contributed by atoms with Crippen LogP contribution in [0.5, 0.6) is 11.5 Å². The minimum absolute atomic E-state index is 0.0376. The van der Waals surface area contributed by atoms with Crippen molar-refractivity contribution in [2.24, 2.45) is 5.92 Å². The van der Waals surface area contributed by atoms with Crippen LogP contribution in [-0.2, 0) is 23.9 Å². The predicted octanol–water partition coefficient (Wildman–Crippen LogP) is 3.68.